The number of amides is 2. The van der Waals surface area contributed by atoms with Crippen molar-refractivity contribution in [2.45, 2.75) is 45.3 Å². The fraction of sp³-hybridized carbons (Fsp3) is 0.360. The minimum Gasteiger partial charge on any atom is -0.444 e. The summed E-state index contributed by atoms with van der Waals surface area (Å²) >= 11 is 1.31. The van der Waals surface area contributed by atoms with Gasteiger partial charge in [0.25, 0.3) is 5.91 Å². The van der Waals surface area contributed by atoms with Crippen LogP contribution in [-0.2, 0) is 4.74 Å². The summed E-state index contributed by atoms with van der Waals surface area (Å²) in [5, 5.41) is 9.64. The first kappa shape index (κ1) is 24.4. The molecule has 1 aliphatic rings. The maximum absolute atomic E-state index is 14.4. The Morgan fingerprint density at radius 3 is 2.77 bits per heavy atom. The number of thiophene rings is 1. The number of alkyl carbamates (subject to hydrolysis) is 1. The summed E-state index contributed by atoms with van der Waals surface area (Å²) in [4.78, 5) is 31.8. The molecule has 0 saturated carbocycles. The van der Waals surface area contributed by atoms with Crippen LogP contribution >= 0.6 is 11.3 Å². The third-order valence-corrected chi connectivity index (χ3v) is 6.68. The number of piperidine rings is 1. The first-order chi connectivity index (χ1) is 16.6. The van der Waals surface area contributed by atoms with Crippen molar-refractivity contribution in [1.29, 1.82) is 0 Å². The van der Waals surface area contributed by atoms with E-state index >= 15 is 0 Å². The number of nitrogens with one attached hydrogen (secondary N) is 2. The van der Waals surface area contributed by atoms with Gasteiger partial charge in [-0.15, -0.1) is 11.3 Å². The van der Waals surface area contributed by atoms with Gasteiger partial charge in [0.1, 0.15) is 11.4 Å². The number of halogens is 1. The summed E-state index contributed by atoms with van der Waals surface area (Å²) in [6.07, 6.45) is 4.38. The molecular weight excluding hydrogens is 469 g/mol. The van der Waals surface area contributed by atoms with Gasteiger partial charge < -0.3 is 15.0 Å². The lowest BCUT2D eigenvalue weighted by Crippen LogP contribution is -2.50. The topological polar surface area (TPSA) is 91.7 Å². The number of rotatable bonds is 4. The third-order valence-electron chi connectivity index (χ3n) is 5.51. The lowest BCUT2D eigenvalue weighted by Gasteiger charge is -2.33. The fourth-order valence-corrected chi connectivity index (χ4v) is 5.10. The Labute approximate surface area is 206 Å². The molecule has 0 spiro atoms. The summed E-state index contributed by atoms with van der Waals surface area (Å²) in [7, 11) is 0. The summed E-state index contributed by atoms with van der Waals surface area (Å²) in [5.74, 6) is -0.762. The highest BCUT2D eigenvalue weighted by Gasteiger charge is 2.29. The predicted octanol–water partition coefficient (Wildman–Crippen LogP) is 5.62. The molecule has 0 bridgehead atoms. The number of hydrogen-bond acceptors (Lipinski definition) is 5. The molecule has 2 amide bonds. The van der Waals surface area contributed by atoms with Crippen molar-refractivity contribution in [3.05, 3.63) is 58.8 Å². The Bertz CT molecular complexity index is 1270. The van der Waals surface area contributed by atoms with Gasteiger partial charge >= 0.3 is 6.09 Å². The Kier molecular flexibility index (Phi) is 6.89. The third kappa shape index (κ3) is 5.69. The largest absolute Gasteiger partial charge is 0.444 e. The van der Waals surface area contributed by atoms with Crippen LogP contribution in [0.2, 0.25) is 0 Å². The molecule has 0 unspecified atom stereocenters. The second-order valence-electron chi connectivity index (χ2n) is 9.35. The summed E-state index contributed by atoms with van der Waals surface area (Å²) in [5.41, 5.74) is 1.39. The van der Waals surface area contributed by atoms with Crippen molar-refractivity contribution in [3.8, 4) is 21.6 Å². The quantitative estimate of drug-likeness (QED) is 0.459. The molecule has 1 aliphatic heterocycles. The number of nitrogens with zero attached hydrogens (tertiary/aromatic N) is 3. The van der Waals surface area contributed by atoms with Crippen molar-refractivity contribution in [2.75, 3.05) is 13.1 Å². The van der Waals surface area contributed by atoms with Crippen LogP contribution in [-0.4, -0.2) is 51.8 Å². The van der Waals surface area contributed by atoms with E-state index < -0.39 is 17.5 Å². The second kappa shape index (κ2) is 9.88. The summed E-state index contributed by atoms with van der Waals surface area (Å²) in [6.45, 7) is 13.4. The standard InChI is InChI=1S/C25H26FN5O3S/c1-25(2,3)34-24(33)30-17-6-5-9-31(14-17)23(32)21-11-18(22(35-21)16-12-28-29-13-16)15-7-8-20(27-4)19(26)10-15/h7-8,10-13,17H,5-6,9,14H2,1-3H3,(H,28,29)(H,30,33)/t17-/m1/s1. The van der Waals surface area contributed by atoms with Crippen LogP contribution in [0.5, 0.6) is 0 Å². The van der Waals surface area contributed by atoms with E-state index in [1.807, 2.05) is 0 Å². The Balaban J connectivity index is 1.58. The average Bonchev–Trinajstić information content (AvgIpc) is 3.47. The molecule has 8 nitrogen and oxygen atoms in total. The number of ether oxygens (including phenoxy) is 1. The smallest absolute Gasteiger partial charge is 0.407 e. The minimum atomic E-state index is -0.609. The van der Waals surface area contributed by atoms with E-state index in [0.717, 1.165) is 23.3 Å². The van der Waals surface area contributed by atoms with Crippen LogP contribution in [0.15, 0.2) is 36.7 Å². The van der Waals surface area contributed by atoms with Gasteiger partial charge in [-0.1, -0.05) is 12.1 Å². The second-order valence-corrected chi connectivity index (χ2v) is 10.4. The van der Waals surface area contributed by atoms with Gasteiger partial charge in [-0.2, -0.15) is 5.10 Å². The highest BCUT2D eigenvalue weighted by atomic mass is 32.1. The van der Waals surface area contributed by atoms with Crippen molar-refractivity contribution < 1.29 is 18.7 Å². The average molecular weight is 496 g/mol. The van der Waals surface area contributed by atoms with Gasteiger partial charge in [0, 0.05) is 41.3 Å². The van der Waals surface area contributed by atoms with Crippen molar-refractivity contribution >= 4 is 29.0 Å². The molecule has 182 valence electrons. The van der Waals surface area contributed by atoms with Gasteiger partial charge in [0.05, 0.1) is 17.6 Å². The normalized spacial score (nSPS) is 16.0. The predicted molar refractivity (Wildman–Crippen MR) is 132 cm³/mol. The number of aromatic nitrogens is 2. The highest BCUT2D eigenvalue weighted by Crippen LogP contribution is 2.40. The number of H-pyrrole nitrogens is 1. The molecule has 1 saturated heterocycles. The van der Waals surface area contributed by atoms with Gasteiger partial charge in [0.15, 0.2) is 0 Å². The summed E-state index contributed by atoms with van der Waals surface area (Å²) in [6, 6.07) is 5.98. The number of carbonyl (C=O) groups is 2. The Morgan fingerprint density at radius 2 is 2.11 bits per heavy atom. The van der Waals surface area contributed by atoms with Crippen molar-refractivity contribution in [3.63, 3.8) is 0 Å². The molecule has 0 aliphatic carbocycles. The van der Waals surface area contributed by atoms with E-state index in [1.54, 1.807) is 50.2 Å². The van der Waals surface area contributed by atoms with E-state index in [2.05, 4.69) is 20.4 Å². The molecule has 2 N–H and O–H groups in total. The number of hydrogen-bond donors (Lipinski definition) is 2. The lowest BCUT2D eigenvalue weighted by molar-refractivity contribution is 0.0453. The van der Waals surface area contributed by atoms with Gasteiger partial charge in [-0.25, -0.2) is 14.0 Å². The van der Waals surface area contributed by atoms with Crippen LogP contribution in [0, 0.1) is 12.4 Å². The molecule has 0 radical (unpaired) electrons. The number of likely N-dealkylation sites (tertiary alicyclic amines) is 1. The van der Waals surface area contributed by atoms with E-state index in [1.165, 1.54) is 23.5 Å². The molecule has 10 heteroatoms. The van der Waals surface area contributed by atoms with Gasteiger partial charge in [-0.3, -0.25) is 9.89 Å². The molecule has 4 rings (SSSR count). The fourth-order valence-electron chi connectivity index (χ4n) is 3.97. The monoisotopic (exact) mass is 495 g/mol. The van der Waals surface area contributed by atoms with E-state index in [-0.39, 0.29) is 17.6 Å². The molecule has 1 fully saturated rings. The van der Waals surface area contributed by atoms with Crippen LogP contribution in [0.4, 0.5) is 14.9 Å². The van der Waals surface area contributed by atoms with Crippen LogP contribution < -0.4 is 5.32 Å². The molecule has 3 aromatic rings. The van der Waals surface area contributed by atoms with E-state index in [4.69, 9.17) is 11.3 Å². The maximum Gasteiger partial charge on any atom is 0.407 e. The first-order valence-corrected chi connectivity index (χ1v) is 12.1. The molecule has 35 heavy (non-hydrogen) atoms. The molecule has 1 atom stereocenters. The van der Waals surface area contributed by atoms with Crippen molar-refractivity contribution in [1.82, 2.24) is 20.4 Å². The van der Waals surface area contributed by atoms with Crippen molar-refractivity contribution in [2.24, 2.45) is 0 Å². The zero-order valence-electron chi connectivity index (χ0n) is 19.7. The zero-order valence-corrected chi connectivity index (χ0v) is 20.5. The zero-order chi connectivity index (χ0) is 25.2. The number of benzene rings is 1. The van der Waals surface area contributed by atoms with Crippen LogP contribution in [0.3, 0.4) is 0 Å². The Hall–Kier alpha value is -3.71. The lowest BCUT2D eigenvalue weighted by atomic mass is 10.0. The van der Waals surface area contributed by atoms with Gasteiger partial charge in [0.2, 0.25) is 5.69 Å². The summed E-state index contributed by atoms with van der Waals surface area (Å²) < 4.78 is 19.7. The number of aromatic amines is 1. The van der Waals surface area contributed by atoms with Gasteiger partial charge in [-0.05, 0) is 51.3 Å². The first-order valence-electron chi connectivity index (χ1n) is 11.2. The Morgan fingerprint density at radius 1 is 1.31 bits per heavy atom. The van der Waals surface area contributed by atoms with E-state index in [9.17, 15) is 14.0 Å². The molecular formula is C25H26FN5O3S. The minimum absolute atomic E-state index is 0.0537. The van der Waals surface area contributed by atoms with Crippen LogP contribution in [0.1, 0.15) is 43.3 Å². The molecule has 3 heterocycles. The maximum atomic E-state index is 14.4. The number of carbonyl (C=O) groups excluding carboxylic acids is 2. The molecule has 1 aromatic carbocycles. The van der Waals surface area contributed by atoms with Crippen LogP contribution in [0.25, 0.3) is 26.4 Å². The van der Waals surface area contributed by atoms with E-state index in [0.29, 0.717) is 29.1 Å². The molecule has 2 aromatic heterocycles. The SMILES string of the molecule is [C-]#[N+]c1ccc(-c2cc(C(=O)N3CCC[C@@H](NC(=O)OC(C)(C)C)C3)sc2-c2cn[nH]c2)cc1F. The highest BCUT2D eigenvalue weighted by molar-refractivity contribution is 7.18.